The van der Waals surface area contributed by atoms with E-state index >= 15 is 0 Å². The number of fused-ring (bicyclic) bond motifs is 1. The average Bonchev–Trinajstić information content (AvgIpc) is 3.01. The summed E-state index contributed by atoms with van der Waals surface area (Å²) < 4.78 is 70.0. The molecule has 0 saturated carbocycles. The molecule has 0 radical (unpaired) electrons. The van der Waals surface area contributed by atoms with E-state index in [-0.39, 0.29) is 10.6 Å². The van der Waals surface area contributed by atoms with Crippen LogP contribution >= 0.6 is 0 Å². The summed E-state index contributed by atoms with van der Waals surface area (Å²) in [5, 5.41) is 4.78. The van der Waals surface area contributed by atoms with Crippen molar-refractivity contribution in [1.29, 1.82) is 0 Å². The zero-order valence-corrected chi connectivity index (χ0v) is 17.9. The van der Waals surface area contributed by atoms with Crippen molar-refractivity contribution in [1.82, 2.24) is 14.8 Å². The van der Waals surface area contributed by atoms with E-state index in [1.165, 1.54) is 23.0 Å². The number of anilines is 2. The Bertz CT molecular complexity index is 1230. The Labute approximate surface area is 177 Å². The van der Waals surface area contributed by atoms with Gasteiger partial charge in [0.1, 0.15) is 4.90 Å². The second-order valence-electron chi connectivity index (χ2n) is 7.63. The van der Waals surface area contributed by atoms with Gasteiger partial charge in [0.25, 0.3) is 10.0 Å². The predicted molar refractivity (Wildman–Crippen MR) is 112 cm³/mol. The fourth-order valence-electron chi connectivity index (χ4n) is 3.84. The maximum Gasteiger partial charge on any atom is 0.416 e. The van der Waals surface area contributed by atoms with Gasteiger partial charge >= 0.3 is 6.18 Å². The van der Waals surface area contributed by atoms with Crippen molar-refractivity contribution >= 4 is 32.4 Å². The first-order valence-electron chi connectivity index (χ1n) is 9.84. The van der Waals surface area contributed by atoms with Crippen molar-refractivity contribution in [2.45, 2.75) is 37.3 Å². The van der Waals surface area contributed by atoms with Crippen LogP contribution in [0, 0.1) is 6.92 Å². The first kappa shape index (κ1) is 21.4. The number of piperidine rings is 1. The number of rotatable bonds is 4. The number of pyridine rings is 1. The van der Waals surface area contributed by atoms with E-state index in [0.717, 1.165) is 31.4 Å². The van der Waals surface area contributed by atoms with Gasteiger partial charge in [0.2, 0.25) is 0 Å². The normalized spacial score (nSPS) is 15.5. The van der Waals surface area contributed by atoms with Gasteiger partial charge < -0.3 is 4.90 Å². The van der Waals surface area contributed by atoms with Gasteiger partial charge in [-0.15, -0.1) is 0 Å². The molecule has 7 nitrogen and oxygen atoms in total. The van der Waals surface area contributed by atoms with Crippen molar-refractivity contribution < 1.29 is 21.6 Å². The number of benzene rings is 1. The minimum Gasteiger partial charge on any atom is -0.370 e. The first-order valence-corrected chi connectivity index (χ1v) is 11.3. The number of hydrogen-bond donors (Lipinski definition) is 1. The minimum absolute atomic E-state index is 0.0975. The van der Waals surface area contributed by atoms with Crippen molar-refractivity contribution in [3.8, 4) is 0 Å². The lowest BCUT2D eigenvalue weighted by Gasteiger charge is -2.31. The molecule has 1 aromatic carbocycles. The maximum atomic E-state index is 13.3. The van der Waals surface area contributed by atoms with Crippen LogP contribution < -0.4 is 9.62 Å². The SMILES string of the molecule is Cc1nn(C)c2ncc(S(=O)(=O)Nc3cc(C(F)(F)F)ccc3N3CCCCC3)cc12. The van der Waals surface area contributed by atoms with Crippen LogP contribution in [0.2, 0.25) is 0 Å². The molecule has 2 aromatic heterocycles. The van der Waals surface area contributed by atoms with E-state index < -0.39 is 21.8 Å². The Morgan fingerprint density at radius 1 is 1.10 bits per heavy atom. The molecule has 166 valence electrons. The van der Waals surface area contributed by atoms with Crippen molar-refractivity contribution in [2.24, 2.45) is 7.05 Å². The molecule has 1 saturated heterocycles. The molecule has 3 heterocycles. The first-order chi connectivity index (χ1) is 14.6. The highest BCUT2D eigenvalue weighted by Gasteiger charge is 2.32. The Morgan fingerprint density at radius 3 is 2.48 bits per heavy atom. The molecule has 0 amide bonds. The number of hydrogen-bond acceptors (Lipinski definition) is 5. The van der Waals surface area contributed by atoms with Gasteiger partial charge in [-0.2, -0.15) is 18.3 Å². The molecule has 1 aliphatic rings. The topological polar surface area (TPSA) is 80.1 Å². The van der Waals surface area contributed by atoms with Gasteiger partial charge in [-0.05, 0) is 50.5 Å². The lowest BCUT2D eigenvalue weighted by atomic mass is 10.1. The molecule has 3 aromatic rings. The van der Waals surface area contributed by atoms with Gasteiger partial charge in [0, 0.05) is 31.7 Å². The summed E-state index contributed by atoms with van der Waals surface area (Å²) in [6.45, 7) is 3.04. The zero-order valence-electron chi connectivity index (χ0n) is 17.1. The Balaban J connectivity index is 1.76. The van der Waals surface area contributed by atoms with Crippen molar-refractivity contribution in [3.63, 3.8) is 0 Å². The van der Waals surface area contributed by atoms with Crippen LogP contribution in [0.15, 0.2) is 35.4 Å². The number of halogens is 3. The van der Waals surface area contributed by atoms with E-state index in [2.05, 4.69) is 14.8 Å². The van der Waals surface area contributed by atoms with E-state index in [4.69, 9.17) is 0 Å². The van der Waals surface area contributed by atoms with E-state index in [1.807, 2.05) is 4.90 Å². The number of aryl methyl sites for hydroxylation is 2. The third kappa shape index (κ3) is 4.18. The molecule has 0 bridgehead atoms. The fraction of sp³-hybridized carbons (Fsp3) is 0.400. The van der Waals surface area contributed by atoms with Crippen LogP contribution in [0.1, 0.15) is 30.5 Å². The molecular formula is C20H22F3N5O2S. The standard InChI is InChI=1S/C20H22F3N5O2S/c1-13-16-11-15(12-24-19(16)27(2)25-13)31(29,30)26-17-10-14(20(21,22)23)6-7-18(17)28-8-4-3-5-9-28/h6-7,10-12,26H,3-5,8-9H2,1-2H3. The van der Waals surface area contributed by atoms with Gasteiger partial charge in [-0.1, -0.05) is 0 Å². The van der Waals surface area contributed by atoms with Crippen LogP contribution in [0.3, 0.4) is 0 Å². The molecule has 4 rings (SSSR count). The number of sulfonamides is 1. The Morgan fingerprint density at radius 2 is 1.81 bits per heavy atom. The van der Waals surface area contributed by atoms with Crippen LogP contribution in [0.25, 0.3) is 11.0 Å². The van der Waals surface area contributed by atoms with Crippen LogP contribution in [-0.4, -0.2) is 36.3 Å². The molecular weight excluding hydrogens is 431 g/mol. The lowest BCUT2D eigenvalue weighted by Crippen LogP contribution is -2.30. The number of alkyl halides is 3. The monoisotopic (exact) mass is 453 g/mol. The van der Waals surface area contributed by atoms with Gasteiger partial charge in [-0.25, -0.2) is 13.4 Å². The minimum atomic E-state index is -4.59. The summed E-state index contributed by atoms with van der Waals surface area (Å²) in [6.07, 6.45) is -0.579. The molecule has 0 atom stereocenters. The average molecular weight is 453 g/mol. The molecule has 1 N–H and O–H groups in total. The van der Waals surface area contributed by atoms with Gasteiger partial charge in [-0.3, -0.25) is 9.40 Å². The smallest absolute Gasteiger partial charge is 0.370 e. The molecule has 11 heteroatoms. The quantitative estimate of drug-likeness (QED) is 0.644. The highest BCUT2D eigenvalue weighted by Crippen LogP contribution is 2.37. The molecule has 31 heavy (non-hydrogen) atoms. The highest BCUT2D eigenvalue weighted by atomic mass is 32.2. The van der Waals surface area contributed by atoms with E-state index in [1.54, 1.807) is 14.0 Å². The number of aromatic nitrogens is 3. The summed E-state index contributed by atoms with van der Waals surface area (Å²) in [5.41, 5.74) is 0.546. The maximum absolute atomic E-state index is 13.3. The molecule has 0 spiro atoms. The second kappa shape index (κ2) is 7.70. The lowest BCUT2D eigenvalue weighted by molar-refractivity contribution is -0.137. The summed E-state index contributed by atoms with van der Waals surface area (Å²) in [7, 11) is -2.48. The Kier molecular flexibility index (Phi) is 5.32. The molecule has 0 aliphatic carbocycles. The van der Waals surface area contributed by atoms with Crippen molar-refractivity contribution in [3.05, 3.63) is 41.7 Å². The summed E-state index contributed by atoms with van der Waals surface area (Å²) in [4.78, 5) is 5.94. The number of nitrogens with zero attached hydrogens (tertiary/aromatic N) is 4. The summed E-state index contributed by atoms with van der Waals surface area (Å²) in [5.74, 6) is 0. The third-order valence-corrected chi connectivity index (χ3v) is 6.75. The third-order valence-electron chi connectivity index (χ3n) is 5.41. The summed E-state index contributed by atoms with van der Waals surface area (Å²) in [6, 6.07) is 4.59. The van der Waals surface area contributed by atoms with Crippen LogP contribution in [0.4, 0.5) is 24.5 Å². The molecule has 1 fully saturated rings. The van der Waals surface area contributed by atoms with E-state index in [9.17, 15) is 21.6 Å². The van der Waals surface area contributed by atoms with Gasteiger partial charge in [0.15, 0.2) is 5.65 Å². The van der Waals surface area contributed by atoms with Crippen molar-refractivity contribution in [2.75, 3.05) is 22.7 Å². The largest absolute Gasteiger partial charge is 0.416 e. The molecule has 1 aliphatic heterocycles. The zero-order chi connectivity index (χ0) is 22.4. The molecule has 0 unspecified atom stereocenters. The fourth-order valence-corrected chi connectivity index (χ4v) is 4.88. The van der Waals surface area contributed by atoms with Gasteiger partial charge in [0.05, 0.1) is 22.6 Å². The Hall–Kier alpha value is -2.82. The second-order valence-corrected chi connectivity index (χ2v) is 9.32. The number of nitrogens with one attached hydrogen (secondary N) is 1. The highest BCUT2D eigenvalue weighted by molar-refractivity contribution is 7.92. The predicted octanol–water partition coefficient (Wildman–Crippen LogP) is 4.09. The summed E-state index contributed by atoms with van der Waals surface area (Å²) >= 11 is 0. The van der Waals surface area contributed by atoms with Crippen LogP contribution in [-0.2, 0) is 23.2 Å². The van der Waals surface area contributed by atoms with E-state index in [0.29, 0.717) is 35.5 Å². The van der Waals surface area contributed by atoms with Crippen LogP contribution in [0.5, 0.6) is 0 Å².